The number of benzene rings is 3. The highest BCUT2D eigenvalue weighted by molar-refractivity contribution is 7.22. The number of aryl methyl sites for hydroxylation is 2. The molecule has 8 nitrogen and oxygen atoms in total. The lowest BCUT2D eigenvalue weighted by atomic mass is 9.95. The van der Waals surface area contributed by atoms with Crippen molar-refractivity contribution >= 4 is 44.1 Å². The molecule has 1 amide bonds. The number of ketones is 1. The van der Waals surface area contributed by atoms with Crippen molar-refractivity contribution in [2.45, 2.75) is 59.4 Å². The minimum absolute atomic E-state index is 0.0328. The van der Waals surface area contributed by atoms with Gasteiger partial charge in [0.25, 0.3) is 5.78 Å². The summed E-state index contributed by atoms with van der Waals surface area (Å²) in [6, 6.07) is 15.4. The van der Waals surface area contributed by atoms with Gasteiger partial charge in [-0.15, -0.1) is 0 Å². The summed E-state index contributed by atoms with van der Waals surface area (Å²) in [6.45, 7) is 9.22. The number of fused-ring (bicyclic) bond motifs is 1. The van der Waals surface area contributed by atoms with Crippen molar-refractivity contribution in [2.24, 2.45) is 0 Å². The third-order valence-electron chi connectivity index (χ3n) is 7.60. The molecule has 1 unspecified atom stereocenters. The summed E-state index contributed by atoms with van der Waals surface area (Å²) >= 11 is 1.34. The maximum Gasteiger partial charge on any atom is 0.301 e. The molecule has 1 N–H and O–H groups in total. The van der Waals surface area contributed by atoms with Crippen molar-refractivity contribution in [1.29, 1.82) is 0 Å². The summed E-state index contributed by atoms with van der Waals surface area (Å²) in [5.41, 5.74) is 3.75. The fourth-order valence-electron chi connectivity index (χ4n) is 5.33. The summed E-state index contributed by atoms with van der Waals surface area (Å²) in [4.78, 5) is 33.8. The van der Waals surface area contributed by atoms with Crippen LogP contribution in [0.25, 0.3) is 16.0 Å². The lowest BCUT2D eigenvalue weighted by Crippen LogP contribution is -2.29. The van der Waals surface area contributed by atoms with Crippen LogP contribution >= 0.6 is 11.3 Å². The average molecular weight is 615 g/mol. The van der Waals surface area contributed by atoms with Gasteiger partial charge in [0.05, 0.1) is 42.2 Å². The Morgan fingerprint density at radius 3 is 2.43 bits per heavy atom. The molecular weight excluding hydrogens is 576 g/mol. The fourth-order valence-corrected chi connectivity index (χ4v) is 6.50. The quantitative estimate of drug-likeness (QED) is 0.0749. The first-order chi connectivity index (χ1) is 21.3. The monoisotopic (exact) mass is 614 g/mol. The Morgan fingerprint density at radius 1 is 0.955 bits per heavy atom. The van der Waals surface area contributed by atoms with E-state index in [9.17, 15) is 14.7 Å². The molecule has 1 aliphatic heterocycles. The molecule has 1 saturated heterocycles. The van der Waals surface area contributed by atoms with Crippen LogP contribution < -0.4 is 19.1 Å². The molecule has 5 rings (SSSR count). The van der Waals surface area contributed by atoms with Crippen molar-refractivity contribution in [3.63, 3.8) is 0 Å². The summed E-state index contributed by atoms with van der Waals surface area (Å²) in [5, 5.41) is 12.1. The SMILES string of the molecule is CCCCOc1cccc(/C(O)=C2\C(=O)C(=O)N(c3nc4c(C)cc(C)cc4s3)C2c2ccc(OCCCC)c(OC)c2)c1. The number of aliphatic hydroxyl groups excluding tert-OH is 1. The first kappa shape index (κ1) is 31.1. The van der Waals surface area contributed by atoms with Crippen molar-refractivity contribution in [3.05, 3.63) is 82.4 Å². The number of ether oxygens (including phenoxy) is 3. The normalized spacial score (nSPS) is 16.1. The number of rotatable bonds is 12. The van der Waals surface area contributed by atoms with Gasteiger partial charge in [0.1, 0.15) is 11.5 Å². The summed E-state index contributed by atoms with van der Waals surface area (Å²) < 4.78 is 18.4. The van der Waals surface area contributed by atoms with Crippen molar-refractivity contribution < 1.29 is 28.9 Å². The molecule has 1 fully saturated rings. The number of carbonyl (C=O) groups is 2. The summed E-state index contributed by atoms with van der Waals surface area (Å²) in [6.07, 6.45) is 3.76. The van der Waals surface area contributed by atoms with Gasteiger partial charge in [-0.05, 0) is 73.7 Å². The van der Waals surface area contributed by atoms with Crippen molar-refractivity contribution in [3.8, 4) is 17.2 Å². The van der Waals surface area contributed by atoms with Gasteiger partial charge < -0.3 is 19.3 Å². The van der Waals surface area contributed by atoms with E-state index in [-0.39, 0.29) is 11.3 Å². The standard InChI is InChI=1S/C35H38N2O6S/c1-6-8-15-42-25-12-10-11-24(19-25)32(38)29-31(23-13-14-26(27(20-23)41-5)43-16-9-7-2)37(34(40)33(29)39)35-36-30-22(4)17-21(3)18-28(30)44-35/h10-14,17-20,31,38H,6-9,15-16H2,1-5H3/b32-29+. The average Bonchev–Trinajstić information content (AvgIpc) is 3.55. The van der Waals surface area contributed by atoms with E-state index in [2.05, 4.69) is 13.8 Å². The van der Waals surface area contributed by atoms with E-state index >= 15 is 0 Å². The van der Waals surface area contributed by atoms with E-state index in [1.165, 1.54) is 16.2 Å². The van der Waals surface area contributed by atoms with Gasteiger partial charge in [-0.1, -0.05) is 62.3 Å². The van der Waals surface area contributed by atoms with Gasteiger partial charge >= 0.3 is 5.91 Å². The van der Waals surface area contributed by atoms with Crippen LogP contribution in [0, 0.1) is 13.8 Å². The third-order valence-corrected chi connectivity index (χ3v) is 8.60. The highest BCUT2D eigenvalue weighted by Gasteiger charge is 2.48. The lowest BCUT2D eigenvalue weighted by Gasteiger charge is -2.24. The Hall–Kier alpha value is -4.37. The molecule has 1 aliphatic rings. The summed E-state index contributed by atoms with van der Waals surface area (Å²) in [5.74, 6) is -0.245. The third kappa shape index (κ3) is 6.15. The number of amides is 1. The second kappa shape index (κ2) is 13.5. The van der Waals surface area contributed by atoms with Crippen molar-refractivity contribution in [1.82, 2.24) is 4.98 Å². The molecule has 9 heteroatoms. The maximum absolute atomic E-state index is 13.8. The molecule has 0 radical (unpaired) electrons. The number of aromatic nitrogens is 1. The molecular formula is C35H38N2O6S. The summed E-state index contributed by atoms with van der Waals surface area (Å²) in [7, 11) is 1.55. The molecule has 1 aromatic heterocycles. The maximum atomic E-state index is 13.8. The second-order valence-corrected chi connectivity index (χ2v) is 11.9. The number of anilines is 1. The van der Waals surface area contributed by atoms with Crippen LogP contribution in [0.2, 0.25) is 0 Å². The Morgan fingerprint density at radius 2 is 1.70 bits per heavy atom. The highest BCUT2D eigenvalue weighted by Crippen LogP contribution is 2.46. The predicted octanol–water partition coefficient (Wildman–Crippen LogP) is 7.91. The topological polar surface area (TPSA) is 98.2 Å². The number of methoxy groups -OCH3 is 1. The fraction of sp³-hybridized carbons (Fsp3) is 0.343. The Kier molecular flexibility index (Phi) is 9.54. The number of unbranched alkanes of at least 4 members (excludes halogenated alkanes) is 2. The zero-order valence-electron chi connectivity index (χ0n) is 25.8. The van der Waals surface area contributed by atoms with Crippen LogP contribution in [0.4, 0.5) is 5.13 Å². The van der Waals surface area contributed by atoms with Crippen LogP contribution in [-0.2, 0) is 9.59 Å². The number of Topliss-reactive ketones (excluding diaryl/α,β-unsaturated/α-hetero) is 1. The van der Waals surface area contributed by atoms with Gasteiger partial charge in [0.2, 0.25) is 0 Å². The minimum Gasteiger partial charge on any atom is -0.507 e. The van der Waals surface area contributed by atoms with E-state index in [0.717, 1.165) is 47.0 Å². The highest BCUT2D eigenvalue weighted by atomic mass is 32.1. The molecule has 0 saturated carbocycles. The number of aliphatic hydroxyl groups is 1. The lowest BCUT2D eigenvalue weighted by molar-refractivity contribution is -0.132. The van der Waals surface area contributed by atoms with E-state index in [1.807, 2.05) is 26.0 Å². The van der Waals surface area contributed by atoms with Crippen LogP contribution in [0.3, 0.4) is 0 Å². The van der Waals surface area contributed by atoms with Gasteiger partial charge in [-0.25, -0.2) is 4.98 Å². The second-order valence-electron chi connectivity index (χ2n) is 10.9. The van der Waals surface area contributed by atoms with Crippen LogP contribution in [0.1, 0.15) is 67.8 Å². The number of hydrogen-bond acceptors (Lipinski definition) is 8. The Labute approximate surface area is 261 Å². The molecule has 0 bridgehead atoms. The van der Waals surface area contributed by atoms with E-state index in [0.29, 0.717) is 46.7 Å². The number of hydrogen-bond donors (Lipinski definition) is 1. The number of carbonyl (C=O) groups excluding carboxylic acids is 2. The zero-order chi connectivity index (χ0) is 31.4. The molecule has 230 valence electrons. The van der Waals surface area contributed by atoms with Crippen LogP contribution in [0.15, 0.2) is 60.2 Å². The largest absolute Gasteiger partial charge is 0.507 e. The van der Waals surface area contributed by atoms with E-state index < -0.39 is 17.7 Å². The molecule has 0 aliphatic carbocycles. The molecule has 2 heterocycles. The predicted molar refractivity (Wildman–Crippen MR) is 174 cm³/mol. The van der Waals surface area contributed by atoms with Gasteiger partial charge in [0.15, 0.2) is 16.6 Å². The van der Waals surface area contributed by atoms with Crippen LogP contribution in [0.5, 0.6) is 17.2 Å². The van der Waals surface area contributed by atoms with Crippen molar-refractivity contribution in [2.75, 3.05) is 25.2 Å². The Bertz CT molecular complexity index is 1730. The van der Waals surface area contributed by atoms with E-state index in [1.54, 1.807) is 49.6 Å². The van der Waals surface area contributed by atoms with Crippen LogP contribution in [-0.4, -0.2) is 42.1 Å². The minimum atomic E-state index is -0.958. The number of thiazole rings is 1. The molecule has 4 aromatic rings. The van der Waals surface area contributed by atoms with Gasteiger partial charge in [-0.3, -0.25) is 14.5 Å². The van der Waals surface area contributed by atoms with Gasteiger partial charge in [0, 0.05) is 5.56 Å². The molecule has 44 heavy (non-hydrogen) atoms. The molecule has 1 atom stereocenters. The zero-order valence-corrected chi connectivity index (χ0v) is 26.6. The number of nitrogens with zero attached hydrogens (tertiary/aromatic N) is 2. The molecule has 3 aromatic carbocycles. The first-order valence-corrected chi connectivity index (χ1v) is 15.8. The smallest absolute Gasteiger partial charge is 0.301 e. The first-order valence-electron chi connectivity index (χ1n) is 15.0. The Balaban J connectivity index is 1.66. The van der Waals surface area contributed by atoms with E-state index in [4.69, 9.17) is 19.2 Å². The van der Waals surface area contributed by atoms with Gasteiger partial charge in [-0.2, -0.15) is 0 Å². The molecule has 0 spiro atoms.